The summed E-state index contributed by atoms with van der Waals surface area (Å²) in [5.41, 5.74) is 1.96. The van der Waals surface area contributed by atoms with Crippen molar-refractivity contribution in [2.24, 2.45) is 0 Å². The molecule has 0 spiro atoms. The first-order chi connectivity index (χ1) is 15.2. The molecule has 0 aliphatic carbocycles. The van der Waals surface area contributed by atoms with E-state index in [4.69, 9.17) is 4.74 Å². The van der Waals surface area contributed by atoms with Gasteiger partial charge in [0.1, 0.15) is 23.7 Å². The first-order valence-corrected chi connectivity index (χ1v) is 10.2. The van der Waals surface area contributed by atoms with E-state index in [9.17, 15) is 4.79 Å². The molecule has 3 aromatic rings. The summed E-state index contributed by atoms with van der Waals surface area (Å²) >= 11 is 0. The molecule has 8 heteroatoms. The van der Waals surface area contributed by atoms with Gasteiger partial charge in [-0.25, -0.2) is 14.8 Å². The number of aromatic nitrogens is 2. The van der Waals surface area contributed by atoms with Crippen LogP contribution in [0.25, 0.3) is 0 Å². The molecule has 2 N–H and O–H groups in total. The molecular formula is C23H26N6O2. The maximum Gasteiger partial charge on any atom is 0.324 e. The Balaban J connectivity index is 1.31. The number of hydrogen-bond acceptors (Lipinski definition) is 6. The SMILES string of the molecule is COc1cccc(NC(=O)Nc2cc(N3CCN(Cc4ccccc4)CC3)ncn2)c1. The van der Waals surface area contributed by atoms with E-state index in [2.05, 4.69) is 54.7 Å². The smallest absolute Gasteiger partial charge is 0.324 e. The minimum atomic E-state index is -0.370. The second-order valence-electron chi connectivity index (χ2n) is 7.32. The summed E-state index contributed by atoms with van der Waals surface area (Å²) in [5.74, 6) is 1.94. The molecule has 0 atom stereocenters. The lowest BCUT2D eigenvalue weighted by Crippen LogP contribution is -2.46. The third-order valence-electron chi connectivity index (χ3n) is 5.17. The minimum Gasteiger partial charge on any atom is -0.497 e. The molecule has 0 saturated carbocycles. The molecule has 0 bridgehead atoms. The number of benzene rings is 2. The lowest BCUT2D eigenvalue weighted by Gasteiger charge is -2.35. The summed E-state index contributed by atoms with van der Waals surface area (Å²) in [7, 11) is 1.59. The molecule has 1 saturated heterocycles. The predicted octanol–water partition coefficient (Wildman–Crippen LogP) is 3.45. The molecule has 1 aromatic heterocycles. The van der Waals surface area contributed by atoms with Crippen LogP contribution in [0.1, 0.15) is 5.56 Å². The van der Waals surface area contributed by atoms with Crippen molar-refractivity contribution in [3.05, 3.63) is 72.6 Å². The number of carbonyl (C=O) groups is 1. The van der Waals surface area contributed by atoms with Crippen molar-refractivity contribution in [1.82, 2.24) is 14.9 Å². The average molecular weight is 419 g/mol. The number of nitrogens with zero attached hydrogens (tertiary/aromatic N) is 4. The number of piperazine rings is 1. The van der Waals surface area contributed by atoms with E-state index in [0.29, 0.717) is 17.3 Å². The number of carbonyl (C=O) groups excluding carboxylic acids is 1. The molecular weight excluding hydrogens is 392 g/mol. The number of hydrogen-bond donors (Lipinski definition) is 2. The van der Waals surface area contributed by atoms with Crippen molar-refractivity contribution in [1.29, 1.82) is 0 Å². The molecule has 1 aliphatic heterocycles. The fraction of sp³-hybridized carbons (Fsp3) is 0.261. The second-order valence-corrected chi connectivity index (χ2v) is 7.32. The van der Waals surface area contributed by atoms with E-state index in [-0.39, 0.29) is 6.03 Å². The van der Waals surface area contributed by atoms with Gasteiger partial charge in [-0.2, -0.15) is 0 Å². The quantitative estimate of drug-likeness (QED) is 0.638. The standard InChI is InChI=1S/C23H26N6O2/c1-31-20-9-5-8-19(14-20)26-23(30)27-21-15-22(25-17-24-21)29-12-10-28(11-13-29)16-18-6-3-2-4-7-18/h2-9,14-15,17H,10-13,16H2,1H3,(H2,24,25,26,27,30). The highest BCUT2D eigenvalue weighted by Crippen LogP contribution is 2.19. The van der Waals surface area contributed by atoms with Gasteiger partial charge in [-0.1, -0.05) is 36.4 Å². The van der Waals surface area contributed by atoms with E-state index < -0.39 is 0 Å². The average Bonchev–Trinajstić information content (AvgIpc) is 2.80. The number of urea groups is 1. The van der Waals surface area contributed by atoms with Crippen LogP contribution in [-0.4, -0.2) is 54.2 Å². The van der Waals surface area contributed by atoms with Crippen LogP contribution in [0.3, 0.4) is 0 Å². The Morgan fingerprint density at radius 3 is 2.55 bits per heavy atom. The summed E-state index contributed by atoms with van der Waals surface area (Å²) in [6.45, 7) is 4.62. The predicted molar refractivity (Wildman–Crippen MR) is 122 cm³/mol. The topological polar surface area (TPSA) is 82.6 Å². The third-order valence-corrected chi connectivity index (χ3v) is 5.17. The van der Waals surface area contributed by atoms with E-state index in [1.54, 1.807) is 25.3 Å². The normalized spacial score (nSPS) is 14.2. The van der Waals surface area contributed by atoms with E-state index in [0.717, 1.165) is 38.5 Å². The monoisotopic (exact) mass is 418 g/mol. The van der Waals surface area contributed by atoms with Crippen LogP contribution in [0.15, 0.2) is 67.0 Å². The van der Waals surface area contributed by atoms with Crippen LogP contribution >= 0.6 is 0 Å². The number of methoxy groups -OCH3 is 1. The van der Waals surface area contributed by atoms with Gasteiger partial charge in [-0.15, -0.1) is 0 Å². The molecule has 2 heterocycles. The summed E-state index contributed by atoms with van der Waals surface area (Å²) in [6.07, 6.45) is 1.48. The number of rotatable bonds is 6. The maximum atomic E-state index is 12.3. The zero-order chi connectivity index (χ0) is 21.5. The van der Waals surface area contributed by atoms with Crippen LogP contribution in [0, 0.1) is 0 Å². The summed E-state index contributed by atoms with van der Waals surface area (Å²) < 4.78 is 5.18. The Morgan fingerprint density at radius 1 is 0.968 bits per heavy atom. The maximum absolute atomic E-state index is 12.3. The number of nitrogens with one attached hydrogen (secondary N) is 2. The first kappa shape index (κ1) is 20.6. The van der Waals surface area contributed by atoms with Gasteiger partial charge in [0.25, 0.3) is 0 Å². The number of anilines is 3. The summed E-state index contributed by atoms with van der Waals surface area (Å²) in [4.78, 5) is 25.6. The minimum absolute atomic E-state index is 0.370. The van der Waals surface area contributed by atoms with Gasteiger partial charge in [0, 0.05) is 50.5 Å². The van der Waals surface area contributed by atoms with Crippen LogP contribution < -0.4 is 20.3 Å². The second kappa shape index (κ2) is 9.90. The van der Waals surface area contributed by atoms with Gasteiger partial charge < -0.3 is 15.0 Å². The highest BCUT2D eigenvalue weighted by molar-refractivity contribution is 5.99. The van der Waals surface area contributed by atoms with Gasteiger partial charge in [0.05, 0.1) is 7.11 Å². The molecule has 2 amide bonds. The largest absolute Gasteiger partial charge is 0.497 e. The molecule has 2 aromatic carbocycles. The molecule has 0 unspecified atom stereocenters. The first-order valence-electron chi connectivity index (χ1n) is 10.2. The molecule has 1 aliphatic rings. The third kappa shape index (κ3) is 5.70. The van der Waals surface area contributed by atoms with E-state index in [1.165, 1.54) is 11.9 Å². The van der Waals surface area contributed by atoms with E-state index >= 15 is 0 Å². The number of amides is 2. The van der Waals surface area contributed by atoms with Crippen LogP contribution in [-0.2, 0) is 6.54 Å². The van der Waals surface area contributed by atoms with E-state index in [1.807, 2.05) is 18.2 Å². The van der Waals surface area contributed by atoms with Gasteiger partial charge >= 0.3 is 6.03 Å². The highest BCUT2D eigenvalue weighted by Gasteiger charge is 2.19. The van der Waals surface area contributed by atoms with Crippen molar-refractivity contribution in [2.75, 3.05) is 48.8 Å². The molecule has 1 fully saturated rings. The van der Waals surface area contributed by atoms with Gasteiger partial charge in [0.15, 0.2) is 0 Å². The van der Waals surface area contributed by atoms with Crippen molar-refractivity contribution in [3.8, 4) is 5.75 Å². The van der Waals surface area contributed by atoms with Crippen LogP contribution in [0.2, 0.25) is 0 Å². The molecule has 8 nitrogen and oxygen atoms in total. The Bertz CT molecular complexity index is 1010. The van der Waals surface area contributed by atoms with Crippen LogP contribution in [0.4, 0.5) is 22.1 Å². The van der Waals surface area contributed by atoms with Crippen LogP contribution in [0.5, 0.6) is 5.75 Å². The lowest BCUT2D eigenvalue weighted by atomic mass is 10.2. The Hall–Kier alpha value is -3.65. The molecule has 160 valence electrons. The summed E-state index contributed by atoms with van der Waals surface area (Å²) in [5, 5.41) is 5.55. The molecule has 31 heavy (non-hydrogen) atoms. The van der Waals surface area contributed by atoms with Gasteiger partial charge in [-0.3, -0.25) is 10.2 Å². The Kier molecular flexibility index (Phi) is 6.59. The number of ether oxygens (including phenoxy) is 1. The van der Waals surface area contributed by atoms with Gasteiger partial charge in [-0.05, 0) is 17.7 Å². The fourth-order valence-electron chi connectivity index (χ4n) is 3.54. The Labute approximate surface area is 181 Å². The highest BCUT2D eigenvalue weighted by atomic mass is 16.5. The fourth-order valence-corrected chi connectivity index (χ4v) is 3.54. The molecule has 4 rings (SSSR count). The van der Waals surface area contributed by atoms with Gasteiger partial charge in [0.2, 0.25) is 0 Å². The van der Waals surface area contributed by atoms with Crippen molar-refractivity contribution in [2.45, 2.75) is 6.54 Å². The Morgan fingerprint density at radius 2 is 1.77 bits per heavy atom. The lowest BCUT2D eigenvalue weighted by molar-refractivity contribution is 0.249. The zero-order valence-corrected chi connectivity index (χ0v) is 17.5. The summed E-state index contributed by atoms with van der Waals surface area (Å²) in [6, 6.07) is 19.1. The van der Waals surface area contributed by atoms with Crippen molar-refractivity contribution < 1.29 is 9.53 Å². The zero-order valence-electron chi connectivity index (χ0n) is 17.5. The van der Waals surface area contributed by atoms with Crippen molar-refractivity contribution in [3.63, 3.8) is 0 Å². The van der Waals surface area contributed by atoms with Crippen molar-refractivity contribution >= 4 is 23.4 Å². The molecule has 0 radical (unpaired) electrons.